The molecule has 15 atom stereocenters. The molecule has 0 aliphatic carbocycles. The highest BCUT2D eigenvalue weighted by molar-refractivity contribution is 5.88. The molecule has 0 spiro atoms. The van der Waals surface area contributed by atoms with E-state index in [-0.39, 0.29) is 22.8 Å². The van der Waals surface area contributed by atoms with Crippen LogP contribution in [0, 0.1) is 0 Å². The molecule has 0 unspecified atom stereocenters. The molecule has 3 aliphatic rings. The van der Waals surface area contributed by atoms with Gasteiger partial charge in [0.2, 0.25) is 23.8 Å². The maximum Gasteiger partial charge on any atom is 0.239 e. The van der Waals surface area contributed by atoms with Gasteiger partial charge in [-0.1, -0.05) is 0 Å². The molecule has 6 rings (SSSR count). The average molecular weight is 803 g/mol. The summed E-state index contributed by atoms with van der Waals surface area (Å²) in [6, 6.07) is 5.63. The molecule has 0 saturated carbocycles. The zero-order valence-electron chi connectivity index (χ0n) is 29.2. The number of phenols is 2. The summed E-state index contributed by atoms with van der Waals surface area (Å²) < 4.78 is 45.0. The van der Waals surface area contributed by atoms with Crippen molar-refractivity contribution in [1.82, 2.24) is 0 Å². The second kappa shape index (κ2) is 16.9. The third kappa shape index (κ3) is 7.70. The number of hydrogen-bond donors (Lipinski definition) is 13. The lowest BCUT2D eigenvalue weighted by Crippen LogP contribution is -2.65. The number of aliphatic hydroxyl groups excluding tert-OH is 11. The molecule has 0 bridgehead atoms. The molecule has 2 aromatic carbocycles. The highest BCUT2D eigenvalue weighted by Crippen LogP contribution is 2.41. The van der Waals surface area contributed by atoms with Crippen LogP contribution in [0.3, 0.4) is 0 Å². The summed E-state index contributed by atoms with van der Waals surface area (Å²) in [6.45, 7) is -2.52. The average Bonchev–Trinajstić information content (AvgIpc) is 3.18. The molecule has 3 aromatic rings. The number of aliphatic hydroxyl groups is 11. The van der Waals surface area contributed by atoms with Crippen molar-refractivity contribution >= 4 is 11.0 Å². The van der Waals surface area contributed by atoms with E-state index in [1.165, 1.54) is 25.3 Å². The van der Waals surface area contributed by atoms with E-state index < -0.39 is 146 Å². The van der Waals surface area contributed by atoms with Crippen LogP contribution in [0.5, 0.6) is 28.7 Å². The summed E-state index contributed by atoms with van der Waals surface area (Å²) in [4.78, 5) is 14.3. The molecule has 56 heavy (non-hydrogen) atoms. The first-order chi connectivity index (χ1) is 26.6. The maximum atomic E-state index is 14.3. The molecule has 310 valence electrons. The SMILES string of the molecule is COc1cc(-c2oc3cc(O[C@@H]4O[C@H](CO)[C@@H](O)[C@H](O)[C@H]4O)cc(O)c3c(=O)c2O[C@@H]2O[C@H](CO)[C@H](O)[C@H](O)[C@H]2O[C@@H]2O[C@H](CO)[C@@H](O)[C@H](O)[C@H]2O)ccc1O. The lowest BCUT2D eigenvalue weighted by Gasteiger charge is -2.45. The van der Waals surface area contributed by atoms with E-state index in [9.17, 15) is 71.2 Å². The third-order valence-electron chi connectivity index (χ3n) is 9.65. The summed E-state index contributed by atoms with van der Waals surface area (Å²) in [5.74, 6) is -2.79. The predicted molar refractivity (Wildman–Crippen MR) is 179 cm³/mol. The molecule has 4 heterocycles. The van der Waals surface area contributed by atoms with Crippen molar-refractivity contribution in [2.45, 2.75) is 92.1 Å². The van der Waals surface area contributed by atoms with Gasteiger partial charge < -0.3 is 104 Å². The Hall–Kier alpha value is -3.95. The second-order valence-electron chi connectivity index (χ2n) is 13.2. The van der Waals surface area contributed by atoms with Gasteiger partial charge in [-0.25, -0.2) is 0 Å². The van der Waals surface area contributed by atoms with Crippen LogP contribution in [0.25, 0.3) is 22.3 Å². The normalized spacial score (nSPS) is 36.3. The third-order valence-corrected chi connectivity index (χ3v) is 9.65. The Morgan fingerprint density at radius 2 is 1.18 bits per heavy atom. The molecule has 13 N–H and O–H groups in total. The number of benzene rings is 2. The van der Waals surface area contributed by atoms with E-state index in [1.54, 1.807) is 0 Å². The van der Waals surface area contributed by atoms with Crippen LogP contribution in [0.15, 0.2) is 39.5 Å². The highest BCUT2D eigenvalue weighted by Gasteiger charge is 2.52. The van der Waals surface area contributed by atoms with Crippen LogP contribution in [0.2, 0.25) is 0 Å². The van der Waals surface area contributed by atoms with Gasteiger partial charge in [0.05, 0.1) is 26.9 Å². The summed E-state index contributed by atoms with van der Waals surface area (Å²) in [7, 11) is 1.23. The van der Waals surface area contributed by atoms with Gasteiger partial charge in [0.1, 0.15) is 89.6 Å². The molecule has 3 fully saturated rings. The first-order valence-electron chi connectivity index (χ1n) is 17.1. The van der Waals surface area contributed by atoms with Gasteiger partial charge >= 0.3 is 0 Å². The van der Waals surface area contributed by atoms with Gasteiger partial charge in [-0.2, -0.15) is 0 Å². The van der Waals surface area contributed by atoms with Crippen LogP contribution in [-0.4, -0.2) is 185 Å². The fourth-order valence-electron chi connectivity index (χ4n) is 6.49. The van der Waals surface area contributed by atoms with Crippen molar-refractivity contribution in [3.05, 3.63) is 40.6 Å². The van der Waals surface area contributed by atoms with Crippen molar-refractivity contribution in [1.29, 1.82) is 0 Å². The molecule has 0 radical (unpaired) electrons. The Kier molecular flexibility index (Phi) is 12.6. The summed E-state index contributed by atoms with van der Waals surface area (Å²) >= 11 is 0. The van der Waals surface area contributed by atoms with Gasteiger partial charge in [0.25, 0.3) is 0 Å². The molecule has 3 aliphatic heterocycles. The number of methoxy groups -OCH3 is 1. The van der Waals surface area contributed by atoms with Gasteiger partial charge in [0, 0.05) is 17.7 Å². The van der Waals surface area contributed by atoms with Crippen LogP contribution < -0.4 is 19.6 Å². The fraction of sp³-hybridized carbons (Fsp3) is 0.559. The van der Waals surface area contributed by atoms with Crippen molar-refractivity contribution in [2.24, 2.45) is 0 Å². The number of ether oxygens (including phenoxy) is 7. The molecule has 0 amide bonds. The van der Waals surface area contributed by atoms with Crippen molar-refractivity contribution in [3.8, 4) is 40.1 Å². The van der Waals surface area contributed by atoms with Crippen LogP contribution in [0.1, 0.15) is 0 Å². The quantitative estimate of drug-likeness (QED) is 0.0863. The van der Waals surface area contributed by atoms with E-state index >= 15 is 0 Å². The summed E-state index contributed by atoms with van der Waals surface area (Å²) in [5.41, 5.74) is -1.54. The predicted octanol–water partition coefficient (Wildman–Crippen LogP) is -4.94. The van der Waals surface area contributed by atoms with Crippen LogP contribution in [0.4, 0.5) is 0 Å². The standard InChI is InChI=1S/C34H42O22/c1-49-14-4-10(2-3-12(14)38)29-30(23(43)19-13(39)5-11(6-15(19)51-29)50-32-27(47)24(44)20(40)16(7-35)52-32)55-34-31(26(46)22(42)18(9-37)54-34)56-33-28(48)25(45)21(41)17(8-36)53-33/h2-6,16-18,20-22,24-28,31-42,44-48H,7-9H2,1H3/t16-,17-,18-,20-,21-,22+,24+,25+,26+,27-,28-,31-,32-,33+,34+/m1/s1. The lowest BCUT2D eigenvalue weighted by atomic mass is 9.97. The van der Waals surface area contributed by atoms with Crippen molar-refractivity contribution in [2.75, 3.05) is 26.9 Å². The second-order valence-corrected chi connectivity index (χ2v) is 13.2. The van der Waals surface area contributed by atoms with Crippen LogP contribution >= 0.6 is 0 Å². The van der Waals surface area contributed by atoms with Crippen LogP contribution in [-0.2, 0) is 18.9 Å². The number of rotatable bonds is 11. The summed E-state index contributed by atoms with van der Waals surface area (Å²) in [6.07, 6.45) is -26.9. The van der Waals surface area contributed by atoms with E-state index in [0.29, 0.717) is 0 Å². The lowest BCUT2D eigenvalue weighted by molar-refractivity contribution is -0.358. The smallest absolute Gasteiger partial charge is 0.239 e. The fourth-order valence-corrected chi connectivity index (χ4v) is 6.49. The van der Waals surface area contributed by atoms with Gasteiger partial charge in [-0.05, 0) is 18.2 Å². The number of phenolic OH excluding ortho intramolecular Hbond substituents is 2. The summed E-state index contributed by atoms with van der Waals surface area (Å²) in [5, 5.41) is 134. The first-order valence-corrected chi connectivity index (χ1v) is 17.1. The number of fused-ring (bicyclic) bond motifs is 1. The molecule has 3 saturated heterocycles. The molecular formula is C34H42O22. The Morgan fingerprint density at radius 3 is 1.77 bits per heavy atom. The van der Waals surface area contributed by atoms with E-state index in [1.807, 2.05) is 0 Å². The topological polar surface area (TPSA) is 358 Å². The van der Waals surface area contributed by atoms with Gasteiger partial charge in [0.15, 0.2) is 29.7 Å². The van der Waals surface area contributed by atoms with E-state index in [4.69, 9.17) is 37.6 Å². The monoisotopic (exact) mass is 802 g/mol. The first kappa shape index (κ1) is 41.7. The Labute approximate surface area is 314 Å². The van der Waals surface area contributed by atoms with Gasteiger partial charge in [-0.3, -0.25) is 4.79 Å². The minimum Gasteiger partial charge on any atom is -0.507 e. The number of hydrogen-bond acceptors (Lipinski definition) is 22. The Morgan fingerprint density at radius 1 is 0.625 bits per heavy atom. The molecule has 1 aromatic heterocycles. The minimum absolute atomic E-state index is 0.0186. The Balaban J connectivity index is 1.44. The maximum absolute atomic E-state index is 14.3. The largest absolute Gasteiger partial charge is 0.507 e. The van der Waals surface area contributed by atoms with E-state index in [2.05, 4.69) is 0 Å². The zero-order valence-corrected chi connectivity index (χ0v) is 29.2. The number of aromatic hydroxyl groups is 2. The Bertz CT molecular complexity index is 1880. The molecule has 22 nitrogen and oxygen atoms in total. The molecular weight excluding hydrogens is 760 g/mol. The highest BCUT2D eigenvalue weighted by atomic mass is 16.8. The van der Waals surface area contributed by atoms with Gasteiger partial charge in [-0.15, -0.1) is 0 Å². The zero-order chi connectivity index (χ0) is 40.7. The molecule has 22 heteroatoms. The minimum atomic E-state index is -2.03. The van der Waals surface area contributed by atoms with Crippen molar-refractivity contribution in [3.63, 3.8) is 0 Å². The van der Waals surface area contributed by atoms with Crippen molar-refractivity contribution < 1.29 is 104 Å². The van der Waals surface area contributed by atoms with E-state index in [0.717, 1.165) is 12.1 Å².